The topological polar surface area (TPSA) is 67.4 Å². The summed E-state index contributed by atoms with van der Waals surface area (Å²) in [5.41, 5.74) is 1.81. The molecule has 1 saturated carbocycles. The molecule has 0 aliphatic heterocycles. The Morgan fingerprint density at radius 2 is 1.84 bits per heavy atom. The highest BCUT2D eigenvalue weighted by Crippen LogP contribution is 2.41. The van der Waals surface area contributed by atoms with Crippen LogP contribution in [-0.2, 0) is 9.59 Å². The van der Waals surface area contributed by atoms with Crippen molar-refractivity contribution in [2.45, 2.75) is 25.3 Å². The van der Waals surface area contributed by atoms with Gasteiger partial charge in [0.1, 0.15) is 11.6 Å². The average Bonchev–Trinajstić information content (AvgIpc) is 3.36. The molecule has 2 N–H and O–H groups in total. The second-order valence-electron chi connectivity index (χ2n) is 6.13. The summed E-state index contributed by atoms with van der Waals surface area (Å²) in [6.07, 6.45) is 0.768. The Bertz CT molecular complexity index is 805. The van der Waals surface area contributed by atoms with Crippen LogP contribution in [0.4, 0.5) is 10.1 Å². The lowest BCUT2D eigenvalue weighted by Crippen LogP contribution is -2.37. The van der Waals surface area contributed by atoms with E-state index in [1.54, 1.807) is 20.1 Å². The Morgan fingerprint density at radius 1 is 1.12 bits per heavy atom. The van der Waals surface area contributed by atoms with Crippen LogP contribution in [0.25, 0.3) is 0 Å². The first kappa shape index (κ1) is 17.0. The van der Waals surface area contributed by atoms with Gasteiger partial charge in [-0.1, -0.05) is 18.2 Å². The molecule has 2 aromatic carbocycles. The van der Waals surface area contributed by atoms with Crippen molar-refractivity contribution in [3.8, 4) is 5.75 Å². The summed E-state index contributed by atoms with van der Waals surface area (Å²) >= 11 is 0. The number of nitrogens with one attached hydrogen (secondary N) is 2. The van der Waals surface area contributed by atoms with Gasteiger partial charge in [0.25, 0.3) is 0 Å². The van der Waals surface area contributed by atoms with E-state index in [4.69, 9.17) is 4.74 Å². The van der Waals surface area contributed by atoms with Gasteiger partial charge in [0, 0.05) is 12.0 Å². The molecule has 0 radical (unpaired) electrons. The summed E-state index contributed by atoms with van der Waals surface area (Å²) in [5.74, 6) is -1.25. The number of rotatable bonds is 4. The van der Waals surface area contributed by atoms with E-state index in [0.717, 1.165) is 23.3 Å². The molecule has 1 aliphatic carbocycles. The van der Waals surface area contributed by atoms with Crippen LogP contribution >= 0.6 is 0 Å². The van der Waals surface area contributed by atoms with E-state index in [1.807, 2.05) is 24.3 Å². The number of aryl methyl sites for hydroxylation is 1. The molecular weight excluding hydrogens is 323 g/mol. The summed E-state index contributed by atoms with van der Waals surface area (Å²) in [6, 6.07) is 11.9. The molecule has 2 amide bonds. The zero-order chi connectivity index (χ0) is 18.0. The molecule has 2 aromatic rings. The van der Waals surface area contributed by atoms with Crippen molar-refractivity contribution in [1.82, 2.24) is 5.32 Å². The van der Waals surface area contributed by atoms with Gasteiger partial charge >= 0.3 is 11.8 Å². The number of methoxy groups -OCH3 is 1. The molecule has 0 bridgehead atoms. The van der Waals surface area contributed by atoms with E-state index < -0.39 is 17.6 Å². The minimum atomic E-state index is -0.872. The summed E-state index contributed by atoms with van der Waals surface area (Å²) in [6.45, 7) is 1.74. The molecule has 130 valence electrons. The van der Waals surface area contributed by atoms with E-state index in [2.05, 4.69) is 10.6 Å². The first-order chi connectivity index (χ1) is 12.0. The quantitative estimate of drug-likeness (QED) is 0.840. The fourth-order valence-electron chi connectivity index (χ4n) is 2.71. The van der Waals surface area contributed by atoms with Gasteiger partial charge in [0.15, 0.2) is 0 Å². The highest BCUT2D eigenvalue weighted by Gasteiger charge is 2.40. The number of hydrogen-bond donors (Lipinski definition) is 2. The SMILES string of the molecule is COc1ccc([C@H]2C[C@H]2NC(=O)C(=O)Nc2ccc(C)cc2F)cc1. The van der Waals surface area contributed by atoms with Crippen LogP contribution in [0.2, 0.25) is 0 Å². The highest BCUT2D eigenvalue weighted by atomic mass is 19.1. The monoisotopic (exact) mass is 342 g/mol. The van der Waals surface area contributed by atoms with Crippen LogP contribution in [-0.4, -0.2) is 25.0 Å². The Labute approximate surface area is 145 Å². The van der Waals surface area contributed by atoms with Crippen molar-refractivity contribution in [3.05, 3.63) is 59.4 Å². The number of carbonyl (C=O) groups excluding carboxylic acids is 2. The first-order valence-electron chi connectivity index (χ1n) is 8.00. The Kier molecular flexibility index (Phi) is 4.70. The van der Waals surface area contributed by atoms with Gasteiger partial charge in [-0.3, -0.25) is 9.59 Å². The third kappa shape index (κ3) is 3.96. The lowest BCUT2D eigenvalue weighted by Gasteiger charge is -2.08. The van der Waals surface area contributed by atoms with Crippen molar-refractivity contribution >= 4 is 17.5 Å². The molecule has 6 heteroatoms. The number of benzene rings is 2. The lowest BCUT2D eigenvalue weighted by molar-refractivity contribution is -0.136. The first-order valence-corrected chi connectivity index (χ1v) is 8.00. The molecule has 5 nitrogen and oxygen atoms in total. The van der Waals surface area contributed by atoms with E-state index in [1.165, 1.54) is 12.1 Å². The zero-order valence-electron chi connectivity index (χ0n) is 14.0. The second kappa shape index (κ2) is 6.93. The molecular formula is C19H19FN2O3. The number of carbonyl (C=O) groups is 2. The maximum absolute atomic E-state index is 13.7. The van der Waals surface area contributed by atoms with Crippen molar-refractivity contribution in [2.24, 2.45) is 0 Å². The van der Waals surface area contributed by atoms with Crippen LogP contribution < -0.4 is 15.4 Å². The number of halogens is 1. The summed E-state index contributed by atoms with van der Waals surface area (Å²) < 4.78 is 18.9. The predicted molar refractivity (Wildman–Crippen MR) is 92.0 cm³/mol. The minimum Gasteiger partial charge on any atom is -0.497 e. The normalized spacial score (nSPS) is 18.4. The molecule has 25 heavy (non-hydrogen) atoms. The largest absolute Gasteiger partial charge is 0.497 e. The fourth-order valence-corrected chi connectivity index (χ4v) is 2.71. The number of ether oxygens (including phenoxy) is 1. The van der Waals surface area contributed by atoms with Crippen molar-refractivity contribution in [1.29, 1.82) is 0 Å². The van der Waals surface area contributed by atoms with Crippen molar-refractivity contribution < 1.29 is 18.7 Å². The summed E-state index contributed by atoms with van der Waals surface area (Å²) in [5, 5.41) is 4.97. The standard InChI is InChI=1S/C19H19FN2O3/c1-11-3-8-16(15(20)9-11)21-18(23)19(24)22-17-10-14(17)12-4-6-13(25-2)7-5-12/h3-9,14,17H,10H2,1-2H3,(H,21,23)(H,22,24)/t14-,17-/m1/s1. The van der Waals surface area contributed by atoms with Gasteiger partial charge in [-0.15, -0.1) is 0 Å². The summed E-state index contributed by atoms with van der Waals surface area (Å²) in [4.78, 5) is 23.9. The molecule has 3 rings (SSSR count). The maximum Gasteiger partial charge on any atom is 0.313 e. The van der Waals surface area contributed by atoms with E-state index >= 15 is 0 Å². The van der Waals surface area contributed by atoms with Gasteiger partial charge < -0.3 is 15.4 Å². The Balaban J connectivity index is 1.54. The predicted octanol–water partition coefficient (Wildman–Crippen LogP) is 2.75. The highest BCUT2D eigenvalue weighted by molar-refractivity contribution is 6.39. The van der Waals surface area contributed by atoms with E-state index in [-0.39, 0.29) is 17.6 Å². The van der Waals surface area contributed by atoms with Crippen LogP contribution in [0, 0.1) is 12.7 Å². The van der Waals surface area contributed by atoms with Gasteiger partial charge in [-0.05, 0) is 48.7 Å². The number of anilines is 1. The van der Waals surface area contributed by atoms with Crippen LogP contribution in [0.15, 0.2) is 42.5 Å². The van der Waals surface area contributed by atoms with E-state index in [0.29, 0.717) is 0 Å². The molecule has 1 aliphatic rings. The third-order valence-electron chi connectivity index (χ3n) is 4.23. The average molecular weight is 342 g/mol. The van der Waals surface area contributed by atoms with Gasteiger partial charge in [-0.2, -0.15) is 0 Å². The Morgan fingerprint density at radius 3 is 2.48 bits per heavy atom. The van der Waals surface area contributed by atoms with Crippen LogP contribution in [0.1, 0.15) is 23.5 Å². The van der Waals surface area contributed by atoms with Gasteiger partial charge in [0.05, 0.1) is 12.8 Å². The number of hydrogen-bond acceptors (Lipinski definition) is 3. The molecule has 0 spiro atoms. The maximum atomic E-state index is 13.7. The third-order valence-corrected chi connectivity index (χ3v) is 4.23. The Hall–Kier alpha value is -2.89. The molecule has 1 fully saturated rings. The number of amides is 2. The summed E-state index contributed by atoms with van der Waals surface area (Å²) in [7, 11) is 1.60. The lowest BCUT2D eigenvalue weighted by atomic mass is 10.1. The fraction of sp³-hybridized carbons (Fsp3) is 0.263. The van der Waals surface area contributed by atoms with Crippen LogP contribution in [0.3, 0.4) is 0 Å². The smallest absolute Gasteiger partial charge is 0.313 e. The second-order valence-corrected chi connectivity index (χ2v) is 6.13. The van der Waals surface area contributed by atoms with Crippen molar-refractivity contribution in [2.75, 3.05) is 12.4 Å². The molecule has 0 heterocycles. The van der Waals surface area contributed by atoms with Gasteiger partial charge in [-0.25, -0.2) is 4.39 Å². The zero-order valence-corrected chi connectivity index (χ0v) is 14.0. The van der Waals surface area contributed by atoms with Crippen molar-refractivity contribution in [3.63, 3.8) is 0 Å². The van der Waals surface area contributed by atoms with E-state index in [9.17, 15) is 14.0 Å². The molecule has 2 atom stereocenters. The van der Waals surface area contributed by atoms with Crippen LogP contribution in [0.5, 0.6) is 5.75 Å². The molecule has 0 unspecified atom stereocenters. The molecule has 0 aromatic heterocycles. The minimum absolute atomic E-state index is 0.00625. The molecule has 0 saturated heterocycles. The van der Waals surface area contributed by atoms with Gasteiger partial charge in [0.2, 0.25) is 0 Å².